The Morgan fingerprint density at radius 3 is 2.83 bits per heavy atom. The van der Waals surface area contributed by atoms with Crippen molar-refractivity contribution in [2.45, 2.75) is 26.9 Å². The van der Waals surface area contributed by atoms with Crippen molar-refractivity contribution in [3.05, 3.63) is 21.1 Å². The average molecular weight is 283 g/mol. The molecule has 0 unspecified atom stereocenters. The quantitative estimate of drug-likeness (QED) is 0.882. The van der Waals surface area contributed by atoms with Gasteiger partial charge < -0.3 is 5.32 Å². The monoisotopic (exact) mass is 283 g/mol. The van der Waals surface area contributed by atoms with Gasteiger partial charge in [-0.2, -0.15) is 0 Å². The molecule has 2 aromatic heterocycles. The molecule has 0 aliphatic heterocycles. The molecule has 0 bridgehead atoms. The second-order valence-electron chi connectivity index (χ2n) is 4.06. The Labute approximate surface area is 115 Å². The van der Waals surface area contributed by atoms with Crippen molar-refractivity contribution in [3.63, 3.8) is 0 Å². The van der Waals surface area contributed by atoms with Crippen LogP contribution in [0.2, 0.25) is 0 Å². The molecule has 0 saturated heterocycles. The first-order valence-electron chi connectivity index (χ1n) is 5.83. The van der Waals surface area contributed by atoms with Crippen molar-refractivity contribution in [1.82, 2.24) is 20.1 Å². The van der Waals surface area contributed by atoms with Crippen LogP contribution in [0.3, 0.4) is 0 Å². The maximum Gasteiger partial charge on any atom is 0.205 e. The molecule has 1 N–H and O–H groups in total. The van der Waals surface area contributed by atoms with E-state index in [0.29, 0.717) is 0 Å². The van der Waals surface area contributed by atoms with Crippen molar-refractivity contribution >= 4 is 27.8 Å². The Kier molecular flexibility index (Phi) is 4.62. The zero-order valence-electron chi connectivity index (χ0n) is 10.8. The number of nitrogens with one attached hydrogen (secondary N) is 1. The van der Waals surface area contributed by atoms with Crippen LogP contribution in [0.5, 0.6) is 0 Å². The highest BCUT2D eigenvalue weighted by Gasteiger charge is 2.08. The Balaban J connectivity index is 1.88. The van der Waals surface area contributed by atoms with E-state index >= 15 is 0 Å². The van der Waals surface area contributed by atoms with Crippen LogP contribution in [-0.4, -0.2) is 33.7 Å². The van der Waals surface area contributed by atoms with Crippen LogP contribution in [0.4, 0.5) is 5.13 Å². The predicted molar refractivity (Wildman–Crippen MR) is 76.1 cm³/mol. The summed E-state index contributed by atoms with van der Waals surface area (Å²) in [5, 5.41) is 16.6. The van der Waals surface area contributed by atoms with Gasteiger partial charge in [-0.1, -0.05) is 11.3 Å². The van der Waals surface area contributed by atoms with Gasteiger partial charge in [0, 0.05) is 18.5 Å². The molecular formula is C11H17N5S2. The van der Waals surface area contributed by atoms with Crippen LogP contribution in [0.15, 0.2) is 5.38 Å². The number of rotatable bonds is 6. The van der Waals surface area contributed by atoms with Crippen LogP contribution in [0.1, 0.15) is 22.6 Å². The Hall–Kier alpha value is -1.05. The first-order valence-corrected chi connectivity index (χ1v) is 7.52. The molecule has 7 heteroatoms. The van der Waals surface area contributed by atoms with Crippen molar-refractivity contribution in [2.75, 3.05) is 18.9 Å². The van der Waals surface area contributed by atoms with E-state index in [1.807, 2.05) is 6.92 Å². The molecule has 0 aromatic carbocycles. The zero-order chi connectivity index (χ0) is 13.0. The predicted octanol–water partition coefficient (Wildman–Crippen LogP) is 2.37. The second-order valence-corrected chi connectivity index (χ2v) is 6.19. The highest BCUT2D eigenvalue weighted by molar-refractivity contribution is 7.15. The lowest BCUT2D eigenvalue weighted by molar-refractivity contribution is 0.314. The Morgan fingerprint density at radius 1 is 1.33 bits per heavy atom. The number of thiazole rings is 1. The normalized spacial score (nSPS) is 11.1. The van der Waals surface area contributed by atoms with Gasteiger partial charge >= 0.3 is 0 Å². The number of hydrogen-bond donors (Lipinski definition) is 1. The first kappa shape index (κ1) is 13.4. The van der Waals surface area contributed by atoms with Gasteiger partial charge in [-0.25, -0.2) is 4.98 Å². The van der Waals surface area contributed by atoms with Crippen molar-refractivity contribution in [3.8, 4) is 0 Å². The Morgan fingerprint density at radius 2 is 2.17 bits per heavy atom. The van der Waals surface area contributed by atoms with Gasteiger partial charge in [-0.15, -0.1) is 21.5 Å². The smallest absolute Gasteiger partial charge is 0.205 e. The largest absolute Gasteiger partial charge is 0.360 e. The highest BCUT2D eigenvalue weighted by atomic mass is 32.1. The molecule has 5 nitrogen and oxygen atoms in total. The van der Waals surface area contributed by atoms with E-state index in [9.17, 15) is 0 Å². The summed E-state index contributed by atoms with van der Waals surface area (Å²) in [6.45, 7) is 6.61. The molecule has 0 atom stereocenters. The molecular weight excluding hydrogens is 266 g/mol. The molecule has 0 aliphatic carbocycles. The summed E-state index contributed by atoms with van der Waals surface area (Å²) >= 11 is 3.30. The molecule has 0 fully saturated rings. The lowest BCUT2D eigenvalue weighted by Crippen LogP contribution is -2.17. The van der Waals surface area contributed by atoms with Crippen molar-refractivity contribution < 1.29 is 0 Å². The molecule has 0 amide bonds. The van der Waals surface area contributed by atoms with Crippen molar-refractivity contribution in [1.29, 1.82) is 0 Å². The van der Waals surface area contributed by atoms with Gasteiger partial charge in [-0.3, -0.25) is 4.90 Å². The number of nitrogens with zero attached hydrogens (tertiary/aromatic N) is 4. The molecule has 98 valence electrons. The SMILES string of the molecule is CCNc1nnc(CN(C)Cc2csc(C)n2)s1. The minimum Gasteiger partial charge on any atom is -0.360 e. The summed E-state index contributed by atoms with van der Waals surface area (Å²) < 4.78 is 0. The van der Waals surface area contributed by atoms with Gasteiger partial charge in [-0.05, 0) is 20.9 Å². The zero-order valence-corrected chi connectivity index (χ0v) is 12.4. The summed E-state index contributed by atoms with van der Waals surface area (Å²) in [5.41, 5.74) is 1.12. The number of aromatic nitrogens is 3. The summed E-state index contributed by atoms with van der Waals surface area (Å²) in [6, 6.07) is 0. The number of aryl methyl sites for hydroxylation is 1. The third-order valence-electron chi connectivity index (χ3n) is 2.30. The lowest BCUT2D eigenvalue weighted by Gasteiger charge is -2.12. The van der Waals surface area contributed by atoms with Gasteiger partial charge in [0.15, 0.2) is 0 Å². The molecule has 0 spiro atoms. The van der Waals surface area contributed by atoms with Crippen LogP contribution < -0.4 is 5.32 Å². The van der Waals surface area contributed by atoms with Gasteiger partial charge in [0.25, 0.3) is 0 Å². The summed E-state index contributed by atoms with van der Waals surface area (Å²) in [4.78, 5) is 6.66. The molecule has 18 heavy (non-hydrogen) atoms. The fourth-order valence-electron chi connectivity index (χ4n) is 1.58. The van der Waals surface area contributed by atoms with Crippen molar-refractivity contribution in [2.24, 2.45) is 0 Å². The fourth-order valence-corrected chi connectivity index (χ4v) is 3.08. The van der Waals surface area contributed by atoms with Crippen LogP contribution >= 0.6 is 22.7 Å². The summed E-state index contributed by atoms with van der Waals surface area (Å²) in [7, 11) is 2.07. The third-order valence-corrected chi connectivity index (χ3v) is 3.99. The average Bonchev–Trinajstić information content (AvgIpc) is 2.89. The molecule has 0 aliphatic rings. The van der Waals surface area contributed by atoms with E-state index in [0.717, 1.165) is 40.5 Å². The highest BCUT2D eigenvalue weighted by Crippen LogP contribution is 2.17. The summed E-state index contributed by atoms with van der Waals surface area (Å²) in [5.74, 6) is 0. The van der Waals surface area contributed by atoms with E-state index < -0.39 is 0 Å². The van der Waals surface area contributed by atoms with Gasteiger partial charge in [0.05, 0.1) is 17.2 Å². The molecule has 2 aromatic rings. The van der Waals surface area contributed by atoms with Gasteiger partial charge in [0.2, 0.25) is 5.13 Å². The maximum absolute atomic E-state index is 4.46. The molecule has 2 rings (SSSR count). The first-order chi connectivity index (χ1) is 8.67. The third kappa shape index (κ3) is 3.72. The minimum atomic E-state index is 0.805. The van der Waals surface area contributed by atoms with Crippen LogP contribution in [-0.2, 0) is 13.1 Å². The molecule has 0 radical (unpaired) electrons. The van der Waals surface area contributed by atoms with E-state index in [2.05, 4.69) is 44.7 Å². The minimum absolute atomic E-state index is 0.805. The van der Waals surface area contributed by atoms with E-state index in [4.69, 9.17) is 0 Å². The topological polar surface area (TPSA) is 53.9 Å². The van der Waals surface area contributed by atoms with E-state index in [1.165, 1.54) is 0 Å². The summed E-state index contributed by atoms with van der Waals surface area (Å²) in [6.07, 6.45) is 0. The molecule has 0 saturated carbocycles. The fraction of sp³-hybridized carbons (Fsp3) is 0.545. The number of hydrogen-bond acceptors (Lipinski definition) is 7. The molecule has 2 heterocycles. The van der Waals surface area contributed by atoms with Crippen LogP contribution in [0, 0.1) is 6.92 Å². The maximum atomic E-state index is 4.46. The Bertz CT molecular complexity index is 493. The van der Waals surface area contributed by atoms with E-state index in [-0.39, 0.29) is 0 Å². The van der Waals surface area contributed by atoms with Crippen LogP contribution in [0.25, 0.3) is 0 Å². The van der Waals surface area contributed by atoms with Gasteiger partial charge in [0.1, 0.15) is 5.01 Å². The number of anilines is 1. The second kappa shape index (κ2) is 6.21. The lowest BCUT2D eigenvalue weighted by atomic mass is 10.4. The standard InChI is InChI=1S/C11H17N5S2/c1-4-12-11-15-14-10(18-11)6-16(3)5-9-7-17-8(2)13-9/h7H,4-6H2,1-3H3,(H,12,15). The van der Waals surface area contributed by atoms with E-state index in [1.54, 1.807) is 22.7 Å².